The van der Waals surface area contributed by atoms with Gasteiger partial charge in [0.05, 0.1) is 5.69 Å². The van der Waals surface area contributed by atoms with Gasteiger partial charge in [-0.2, -0.15) is 0 Å². The first-order valence-electron chi connectivity index (χ1n) is 11.6. The van der Waals surface area contributed by atoms with Crippen LogP contribution in [0.4, 0.5) is 15.8 Å². The molecule has 1 aliphatic rings. The summed E-state index contributed by atoms with van der Waals surface area (Å²) in [5, 5.41) is 7.70. The van der Waals surface area contributed by atoms with Gasteiger partial charge in [0.1, 0.15) is 18.2 Å². The average molecular weight is 534 g/mol. The first-order valence-corrected chi connectivity index (χ1v) is 12.3. The fraction of sp³-hybridized carbons (Fsp3) is 0.103. The predicted molar refractivity (Wildman–Crippen MR) is 146 cm³/mol. The van der Waals surface area contributed by atoms with Gasteiger partial charge < -0.3 is 4.74 Å². The molecule has 0 saturated heterocycles. The summed E-state index contributed by atoms with van der Waals surface area (Å²) in [5.41, 5.74) is 3.07. The number of halogens is 3. The third-order valence-corrected chi connectivity index (χ3v) is 6.43. The Kier molecular flexibility index (Phi) is 7.12. The Labute approximate surface area is 224 Å². The number of carbonyl (C=O) groups excluding carboxylic acids is 1. The van der Waals surface area contributed by atoms with E-state index in [-0.39, 0.29) is 17.4 Å². The molecule has 0 spiro atoms. The van der Waals surface area contributed by atoms with Crippen LogP contribution in [0.2, 0.25) is 10.0 Å². The Balaban J connectivity index is 1.61. The van der Waals surface area contributed by atoms with Crippen molar-refractivity contribution in [3.63, 3.8) is 0 Å². The fourth-order valence-electron chi connectivity index (χ4n) is 4.17. The summed E-state index contributed by atoms with van der Waals surface area (Å²) in [7, 11) is 0. The molecule has 5 nitrogen and oxygen atoms in total. The number of nitrogens with zero attached hydrogens (tertiary/aromatic N) is 3. The van der Waals surface area contributed by atoms with E-state index in [1.807, 2.05) is 60.7 Å². The maximum atomic E-state index is 13.8. The van der Waals surface area contributed by atoms with E-state index in [1.165, 1.54) is 19.1 Å². The molecule has 0 N–H and O–H groups in total. The van der Waals surface area contributed by atoms with Crippen LogP contribution in [0.5, 0.6) is 5.75 Å². The molecule has 0 amide bonds. The fourth-order valence-corrected chi connectivity index (χ4v) is 4.42. The van der Waals surface area contributed by atoms with Crippen LogP contribution in [0.15, 0.2) is 102 Å². The van der Waals surface area contributed by atoms with E-state index < -0.39 is 6.17 Å². The van der Waals surface area contributed by atoms with Crippen LogP contribution in [0.3, 0.4) is 0 Å². The second-order valence-corrected chi connectivity index (χ2v) is 9.35. The Bertz CT molecular complexity index is 1440. The van der Waals surface area contributed by atoms with E-state index >= 15 is 0 Å². The van der Waals surface area contributed by atoms with Crippen LogP contribution < -0.4 is 14.6 Å². The summed E-state index contributed by atoms with van der Waals surface area (Å²) in [4.78, 5) is 14.6. The van der Waals surface area contributed by atoms with Crippen LogP contribution in [0, 0.1) is 5.82 Å². The molecule has 0 saturated carbocycles. The highest BCUT2D eigenvalue weighted by atomic mass is 35.5. The highest BCUT2D eigenvalue weighted by molar-refractivity contribution is 6.44. The van der Waals surface area contributed by atoms with Crippen molar-refractivity contribution in [2.75, 3.05) is 9.91 Å². The Morgan fingerprint density at radius 2 is 1.46 bits per heavy atom. The number of rotatable bonds is 7. The molecular weight excluding hydrogens is 512 g/mol. The zero-order valence-corrected chi connectivity index (χ0v) is 21.3. The van der Waals surface area contributed by atoms with Crippen LogP contribution in [0.1, 0.15) is 24.2 Å². The second-order valence-electron chi connectivity index (χ2n) is 8.47. The van der Waals surface area contributed by atoms with Gasteiger partial charge in [-0.1, -0.05) is 53.5 Å². The van der Waals surface area contributed by atoms with Gasteiger partial charge in [0.2, 0.25) is 0 Å². The quantitative estimate of drug-likeness (QED) is 0.245. The molecule has 4 aromatic carbocycles. The monoisotopic (exact) mass is 533 g/mol. The lowest BCUT2D eigenvalue weighted by Gasteiger charge is -2.33. The number of hydrogen-bond donors (Lipinski definition) is 0. The molecule has 186 valence electrons. The molecule has 0 radical (unpaired) electrons. The number of ketones is 1. The normalized spacial score (nSPS) is 15.0. The highest BCUT2D eigenvalue weighted by Crippen LogP contribution is 2.42. The largest absolute Gasteiger partial charge is 0.488 e. The van der Waals surface area contributed by atoms with E-state index in [9.17, 15) is 9.18 Å². The molecule has 1 aliphatic heterocycles. The topological polar surface area (TPSA) is 45.1 Å². The van der Waals surface area contributed by atoms with Crippen LogP contribution in [-0.2, 0) is 11.4 Å². The first kappa shape index (κ1) is 24.8. The van der Waals surface area contributed by atoms with Crippen molar-refractivity contribution in [2.24, 2.45) is 5.10 Å². The maximum Gasteiger partial charge on any atom is 0.198 e. The van der Waals surface area contributed by atoms with Crippen molar-refractivity contribution in [3.05, 3.63) is 124 Å². The van der Waals surface area contributed by atoms with Crippen LogP contribution in [0.25, 0.3) is 0 Å². The zero-order chi connectivity index (χ0) is 25.9. The summed E-state index contributed by atoms with van der Waals surface area (Å²) in [5.74, 6) is 0.236. The number of para-hydroxylation sites is 1. The van der Waals surface area contributed by atoms with Gasteiger partial charge in [-0.15, -0.1) is 5.10 Å². The lowest BCUT2D eigenvalue weighted by Crippen LogP contribution is -2.38. The number of amidine groups is 1. The molecule has 0 aromatic heterocycles. The second kappa shape index (κ2) is 10.6. The molecule has 37 heavy (non-hydrogen) atoms. The summed E-state index contributed by atoms with van der Waals surface area (Å²) >= 11 is 12.2. The van der Waals surface area contributed by atoms with Crippen molar-refractivity contribution in [2.45, 2.75) is 19.7 Å². The third kappa shape index (κ3) is 5.31. The average Bonchev–Trinajstić information content (AvgIpc) is 3.30. The van der Waals surface area contributed by atoms with Crippen molar-refractivity contribution in [1.29, 1.82) is 0 Å². The lowest BCUT2D eigenvalue weighted by molar-refractivity contribution is -0.111. The standard InChI is InChI=1S/C29H22Cl2FN3O2/c1-19(36)28-33-35(25-14-10-22(31)11-15-25)29(34(28)24-16-12-23(32)13-17-24)26-4-2-3-5-27(26)37-18-20-6-8-21(30)9-7-20/h2-17,29H,18H2,1H3. The number of hydrazone groups is 1. The molecule has 1 atom stereocenters. The Morgan fingerprint density at radius 3 is 2.11 bits per heavy atom. The van der Waals surface area contributed by atoms with E-state index in [1.54, 1.807) is 34.2 Å². The van der Waals surface area contributed by atoms with Crippen molar-refractivity contribution in [1.82, 2.24) is 0 Å². The molecule has 1 unspecified atom stereocenters. The van der Waals surface area contributed by atoms with Gasteiger partial charge in [0, 0.05) is 28.2 Å². The van der Waals surface area contributed by atoms with Crippen molar-refractivity contribution in [3.8, 4) is 5.75 Å². The summed E-state index contributed by atoms with van der Waals surface area (Å²) in [6.07, 6.45) is -0.591. The van der Waals surface area contributed by atoms with E-state index in [2.05, 4.69) is 0 Å². The van der Waals surface area contributed by atoms with Gasteiger partial charge in [-0.25, -0.2) is 9.40 Å². The van der Waals surface area contributed by atoms with Gasteiger partial charge in [-0.3, -0.25) is 9.69 Å². The number of ether oxygens (including phenoxy) is 1. The van der Waals surface area contributed by atoms with Crippen LogP contribution in [-0.4, -0.2) is 11.6 Å². The lowest BCUT2D eigenvalue weighted by atomic mass is 10.1. The van der Waals surface area contributed by atoms with Gasteiger partial charge in [0.15, 0.2) is 17.8 Å². The molecule has 4 aromatic rings. The molecule has 0 fully saturated rings. The minimum absolute atomic E-state index is 0.221. The minimum Gasteiger partial charge on any atom is -0.488 e. The SMILES string of the molecule is CC(=O)C1=NN(c2ccc(Cl)cc2)C(c2ccccc2OCc2ccc(Cl)cc2)N1c1ccc(F)cc1. The molecule has 0 bridgehead atoms. The van der Waals surface area contributed by atoms with Gasteiger partial charge in [-0.05, 0) is 72.3 Å². The number of anilines is 2. The van der Waals surface area contributed by atoms with E-state index in [4.69, 9.17) is 33.0 Å². The smallest absolute Gasteiger partial charge is 0.198 e. The predicted octanol–water partition coefficient (Wildman–Crippen LogP) is 7.64. The minimum atomic E-state index is -0.591. The molecule has 5 rings (SSSR count). The zero-order valence-electron chi connectivity index (χ0n) is 19.8. The van der Waals surface area contributed by atoms with Crippen molar-refractivity contribution >= 4 is 46.2 Å². The molecular formula is C29H22Cl2FN3O2. The van der Waals surface area contributed by atoms with Crippen LogP contribution >= 0.6 is 23.2 Å². The van der Waals surface area contributed by atoms with E-state index in [0.29, 0.717) is 28.1 Å². The Hall–Kier alpha value is -3.87. The number of hydrogen-bond acceptors (Lipinski definition) is 5. The summed E-state index contributed by atoms with van der Waals surface area (Å²) in [6.45, 7) is 1.78. The Morgan fingerprint density at radius 1 is 0.865 bits per heavy atom. The highest BCUT2D eigenvalue weighted by Gasteiger charge is 2.40. The van der Waals surface area contributed by atoms with E-state index in [0.717, 1.165) is 16.8 Å². The molecule has 1 heterocycles. The molecule has 0 aliphatic carbocycles. The molecule has 8 heteroatoms. The number of carbonyl (C=O) groups is 1. The van der Waals surface area contributed by atoms with Crippen molar-refractivity contribution < 1.29 is 13.9 Å². The summed E-state index contributed by atoms with van der Waals surface area (Å²) < 4.78 is 20.1. The summed E-state index contributed by atoms with van der Waals surface area (Å²) in [6, 6.07) is 28.2. The first-order chi connectivity index (χ1) is 17.9. The van der Waals surface area contributed by atoms with Gasteiger partial charge >= 0.3 is 0 Å². The maximum absolute atomic E-state index is 13.8. The third-order valence-electron chi connectivity index (χ3n) is 5.92. The van der Waals surface area contributed by atoms with Gasteiger partial charge in [0.25, 0.3) is 0 Å². The number of Topliss-reactive ketones (excluding diaryl/α,β-unsaturated/α-hetero) is 1. The number of benzene rings is 4.